The summed E-state index contributed by atoms with van der Waals surface area (Å²) < 4.78 is 1.74. The molecule has 9 nitrogen and oxygen atoms in total. The van der Waals surface area contributed by atoms with Gasteiger partial charge < -0.3 is 5.32 Å². The summed E-state index contributed by atoms with van der Waals surface area (Å²) in [6.45, 7) is 1.71. The molecule has 0 spiro atoms. The molecule has 1 saturated carbocycles. The lowest BCUT2D eigenvalue weighted by molar-refractivity contribution is -0.121. The number of tetrazole rings is 1. The van der Waals surface area contributed by atoms with Gasteiger partial charge in [0, 0.05) is 17.7 Å². The largest absolute Gasteiger partial charge is 0.373 e. The van der Waals surface area contributed by atoms with Crippen molar-refractivity contribution < 1.29 is 9.59 Å². The van der Waals surface area contributed by atoms with Gasteiger partial charge in [0.2, 0.25) is 5.91 Å². The fourth-order valence-electron chi connectivity index (χ4n) is 4.06. The van der Waals surface area contributed by atoms with Crippen molar-refractivity contribution in [1.82, 2.24) is 31.1 Å². The predicted molar refractivity (Wildman–Crippen MR) is 120 cm³/mol. The van der Waals surface area contributed by atoms with E-state index in [4.69, 9.17) is 0 Å². The van der Waals surface area contributed by atoms with E-state index in [-0.39, 0.29) is 17.4 Å². The van der Waals surface area contributed by atoms with Gasteiger partial charge in [0.05, 0.1) is 11.2 Å². The number of nitrogens with zero attached hydrogens (tertiary/aromatic N) is 4. The molecule has 166 valence electrons. The number of carbonyl (C=O) groups excluding carboxylic acids is 2. The zero-order chi connectivity index (χ0) is 22.4. The highest BCUT2D eigenvalue weighted by molar-refractivity contribution is 5.95. The monoisotopic (exact) mass is 433 g/mol. The van der Waals surface area contributed by atoms with Crippen molar-refractivity contribution in [3.05, 3.63) is 66.0 Å². The molecule has 2 aromatic carbocycles. The molecule has 0 aliphatic heterocycles. The van der Waals surface area contributed by atoms with Gasteiger partial charge in [-0.3, -0.25) is 20.4 Å². The number of hydrogen-bond donors (Lipinski definition) is 3. The molecule has 1 aliphatic rings. The maximum Gasteiger partial charge on any atom is 0.269 e. The number of para-hydroxylation sites is 1. The van der Waals surface area contributed by atoms with Crippen LogP contribution in [0, 0.1) is 0 Å². The summed E-state index contributed by atoms with van der Waals surface area (Å²) in [5, 5.41) is 16.3. The topological polar surface area (TPSA) is 114 Å². The first-order chi connectivity index (χ1) is 15.6. The van der Waals surface area contributed by atoms with Gasteiger partial charge in [-0.15, -0.1) is 5.10 Å². The second-order valence-corrected chi connectivity index (χ2v) is 7.95. The predicted octanol–water partition coefficient (Wildman–Crippen LogP) is 3.10. The van der Waals surface area contributed by atoms with E-state index in [1.54, 1.807) is 35.9 Å². The van der Waals surface area contributed by atoms with Gasteiger partial charge in [-0.2, -0.15) is 4.68 Å². The number of rotatable bonds is 6. The van der Waals surface area contributed by atoms with Crippen molar-refractivity contribution in [1.29, 1.82) is 0 Å². The Kier molecular flexibility index (Phi) is 6.44. The average molecular weight is 434 g/mol. The van der Waals surface area contributed by atoms with Crippen LogP contribution >= 0.6 is 0 Å². The minimum atomic E-state index is -0.384. The molecule has 9 heteroatoms. The third-order valence-electron chi connectivity index (χ3n) is 5.77. The highest BCUT2D eigenvalue weighted by Gasteiger charge is 2.39. The molecule has 1 fully saturated rings. The first-order valence-electron chi connectivity index (χ1n) is 10.9. The minimum absolute atomic E-state index is 0.253. The van der Waals surface area contributed by atoms with Crippen LogP contribution in [0.5, 0.6) is 0 Å². The zero-order valence-electron chi connectivity index (χ0n) is 18.0. The average Bonchev–Trinajstić information content (AvgIpc) is 3.34. The molecule has 1 heterocycles. The molecule has 4 rings (SSSR count). The first kappa shape index (κ1) is 21.5. The minimum Gasteiger partial charge on any atom is -0.373 e. The molecule has 0 atom stereocenters. The number of aromatic nitrogens is 4. The number of hydrazine groups is 1. The third kappa shape index (κ3) is 4.61. The van der Waals surface area contributed by atoms with E-state index in [2.05, 4.69) is 43.8 Å². The summed E-state index contributed by atoms with van der Waals surface area (Å²) in [5.74, 6) is 0.121. The SMILES string of the molecule is CCC(=O)NNC(=O)c1ccc(-n2nnnc2C2(Nc3ccccc3)CCCCC2)cc1. The molecule has 0 unspecified atom stereocenters. The number of hydrogen-bond acceptors (Lipinski definition) is 6. The van der Waals surface area contributed by atoms with E-state index in [0.29, 0.717) is 12.0 Å². The second kappa shape index (κ2) is 9.59. The lowest BCUT2D eigenvalue weighted by Crippen LogP contribution is -2.41. The van der Waals surface area contributed by atoms with Crippen LogP contribution in [0.15, 0.2) is 54.6 Å². The highest BCUT2D eigenvalue weighted by Crippen LogP contribution is 2.39. The Morgan fingerprint density at radius 3 is 2.38 bits per heavy atom. The van der Waals surface area contributed by atoms with Crippen LogP contribution in [0.3, 0.4) is 0 Å². The Bertz CT molecular complexity index is 1060. The Hall–Kier alpha value is -3.75. The summed E-state index contributed by atoms with van der Waals surface area (Å²) >= 11 is 0. The molecule has 3 N–H and O–H groups in total. The van der Waals surface area contributed by atoms with Crippen LogP contribution in [0.2, 0.25) is 0 Å². The van der Waals surface area contributed by atoms with Crippen molar-refractivity contribution in [3.63, 3.8) is 0 Å². The number of carbonyl (C=O) groups is 2. The van der Waals surface area contributed by atoms with Gasteiger partial charge in [0.25, 0.3) is 5.91 Å². The van der Waals surface area contributed by atoms with Gasteiger partial charge in [-0.1, -0.05) is 44.4 Å². The van der Waals surface area contributed by atoms with Crippen molar-refractivity contribution in [2.75, 3.05) is 5.32 Å². The van der Waals surface area contributed by atoms with Crippen molar-refractivity contribution in [3.8, 4) is 5.69 Å². The van der Waals surface area contributed by atoms with Gasteiger partial charge >= 0.3 is 0 Å². The smallest absolute Gasteiger partial charge is 0.269 e. The Morgan fingerprint density at radius 1 is 0.969 bits per heavy atom. The summed E-state index contributed by atoms with van der Waals surface area (Å²) in [6, 6.07) is 17.1. The number of benzene rings is 2. The Morgan fingerprint density at radius 2 is 1.69 bits per heavy atom. The van der Waals surface area contributed by atoms with E-state index in [0.717, 1.165) is 42.9 Å². The molecule has 2 amide bonds. The zero-order valence-corrected chi connectivity index (χ0v) is 18.0. The van der Waals surface area contributed by atoms with Crippen molar-refractivity contribution >= 4 is 17.5 Å². The molecule has 32 heavy (non-hydrogen) atoms. The van der Waals surface area contributed by atoms with Crippen LogP contribution < -0.4 is 16.2 Å². The molecular formula is C23H27N7O2. The fraction of sp³-hybridized carbons (Fsp3) is 0.348. The number of nitrogens with one attached hydrogen (secondary N) is 3. The van der Waals surface area contributed by atoms with E-state index in [1.165, 1.54) is 6.42 Å². The summed E-state index contributed by atoms with van der Waals surface area (Å²) in [5.41, 5.74) is 6.62. The van der Waals surface area contributed by atoms with Crippen LogP contribution in [-0.4, -0.2) is 32.0 Å². The maximum atomic E-state index is 12.2. The van der Waals surface area contributed by atoms with Gasteiger partial charge in [-0.25, -0.2) is 0 Å². The molecule has 1 aromatic heterocycles. The highest BCUT2D eigenvalue weighted by atomic mass is 16.2. The Labute approximate surface area is 186 Å². The number of anilines is 1. The van der Waals surface area contributed by atoms with E-state index < -0.39 is 0 Å². The van der Waals surface area contributed by atoms with Gasteiger partial charge in [-0.05, 0) is 59.7 Å². The molecular weight excluding hydrogens is 406 g/mol. The number of amides is 2. The normalized spacial score (nSPS) is 15.0. The van der Waals surface area contributed by atoms with Gasteiger partial charge in [0.15, 0.2) is 5.82 Å². The quantitative estimate of drug-likeness (QED) is 0.515. The summed E-state index contributed by atoms with van der Waals surface area (Å²) in [6.07, 6.45) is 5.53. The molecule has 3 aromatic rings. The second-order valence-electron chi connectivity index (χ2n) is 7.95. The fourth-order valence-corrected chi connectivity index (χ4v) is 4.06. The lowest BCUT2D eigenvalue weighted by atomic mass is 9.80. The van der Waals surface area contributed by atoms with E-state index in [1.807, 2.05) is 18.2 Å². The molecule has 1 aliphatic carbocycles. The first-order valence-corrected chi connectivity index (χ1v) is 10.9. The van der Waals surface area contributed by atoms with Crippen LogP contribution in [-0.2, 0) is 10.3 Å². The maximum absolute atomic E-state index is 12.2. The van der Waals surface area contributed by atoms with Gasteiger partial charge in [0.1, 0.15) is 0 Å². The van der Waals surface area contributed by atoms with Crippen molar-refractivity contribution in [2.24, 2.45) is 0 Å². The third-order valence-corrected chi connectivity index (χ3v) is 5.77. The van der Waals surface area contributed by atoms with Crippen LogP contribution in [0.25, 0.3) is 5.69 Å². The van der Waals surface area contributed by atoms with Crippen LogP contribution in [0.4, 0.5) is 5.69 Å². The summed E-state index contributed by atoms with van der Waals surface area (Å²) in [7, 11) is 0. The molecule has 0 saturated heterocycles. The molecule has 0 bridgehead atoms. The standard InChI is InChI=1S/C23H27N7O2/c1-2-20(31)25-26-21(32)17-11-13-19(14-12-17)30-22(27-28-29-30)23(15-7-4-8-16-23)24-18-9-5-3-6-10-18/h3,5-6,9-14,24H,2,4,7-8,15-16H2,1H3,(H,25,31)(H,26,32). The van der Waals surface area contributed by atoms with Crippen LogP contribution in [0.1, 0.15) is 61.6 Å². The molecule has 0 radical (unpaired) electrons. The summed E-state index contributed by atoms with van der Waals surface area (Å²) in [4.78, 5) is 23.6. The van der Waals surface area contributed by atoms with E-state index in [9.17, 15) is 9.59 Å². The Balaban J connectivity index is 1.59. The van der Waals surface area contributed by atoms with Crippen molar-refractivity contribution in [2.45, 2.75) is 51.0 Å². The lowest BCUT2D eigenvalue weighted by Gasteiger charge is -2.37. The van der Waals surface area contributed by atoms with E-state index >= 15 is 0 Å².